The van der Waals surface area contributed by atoms with Crippen LogP contribution in [0.3, 0.4) is 0 Å². The number of aryl methyl sites for hydroxylation is 1. The van der Waals surface area contributed by atoms with E-state index in [1.54, 1.807) is 0 Å². The van der Waals surface area contributed by atoms with E-state index < -0.39 is 0 Å². The van der Waals surface area contributed by atoms with E-state index in [1.807, 2.05) is 54.6 Å². The van der Waals surface area contributed by atoms with Crippen molar-refractivity contribution in [1.29, 1.82) is 0 Å². The van der Waals surface area contributed by atoms with Gasteiger partial charge in [0.2, 0.25) is 0 Å². The topological polar surface area (TPSA) is 29.1 Å². The summed E-state index contributed by atoms with van der Waals surface area (Å²) in [5.74, 6) is 0.114. The predicted molar refractivity (Wildman–Crippen MR) is 109 cm³/mol. The van der Waals surface area contributed by atoms with E-state index in [0.29, 0.717) is 11.4 Å². The normalized spacial score (nSPS) is 11.8. The minimum Gasteiger partial charge on any atom is -0.378 e. The highest BCUT2D eigenvalue weighted by molar-refractivity contribution is 6.30. The fourth-order valence-electron chi connectivity index (χ4n) is 2.91. The molecule has 0 aliphatic heterocycles. The first-order valence-electron chi connectivity index (χ1n) is 8.85. The highest BCUT2D eigenvalue weighted by atomic mass is 35.5. The van der Waals surface area contributed by atoms with Gasteiger partial charge in [-0.25, -0.2) is 0 Å². The molecule has 0 bridgehead atoms. The molecule has 0 heterocycles. The average Bonchev–Trinajstić information content (AvgIpc) is 2.69. The molecule has 0 amide bonds. The fraction of sp³-hybridized carbons (Fsp3) is 0.174. The van der Waals surface area contributed by atoms with Gasteiger partial charge in [0.05, 0.1) is 6.04 Å². The molecule has 0 fully saturated rings. The van der Waals surface area contributed by atoms with Crippen molar-refractivity contribution in [2.45, 2.75) is 25.8 Å². The SMILES string of the molecule is CCc1ccc(N[C@@H](CC(=O)c2ccccc2)c2ccc(Cl)cc2)cc1. The molecule has 0 radical (unpaired) electrons. The summed E-state index contributed by atoms with van der Waals surface area (Å²) in [5, 5.41) is 4.19. The molecule has 0 saturated carbocycles. The van der Waals surface area contributed by atoms with Crippen LogP contribution in [0.5, 0.6) is 0 Å². The predicted octanol–water partition coefficient (Wildman–Crippen LogP) is 6.33. The zero-order chi connectivity index (χ0) is 18.4. The van der Waals surface area contributed by atoms with Crippen molar-refractivity contribution in [1.82, 2.24) is 0 Å². The molecule has 0 unspecified atom stereocenters. The highest BCUT2D eigenvalue weighted by Gasteiger charge is 2.17. The van der Waals surface area contributed by atoms with Gasteiger partial charge in [-0.15, -0.1) is 0 Å². The molecular formula is C23H22ClNO. The molecule has 3 rings (SSSR count). The van der Waals surface area contributed by atoms with E-state index in [2.05, 4.69) is 36.5 Å². The Morgan fingerprint density at radius 1 is 0.923 bits per heavy atom. The number of anilines is 1. The Kier molecular flexibility index (Phi) is 6.08. The Hall–Kier alpha value is -2.58. The molecule has 3 heteroatoms. The molecule has 2 nitrogen and oxygen atoms in total. The van der Waals surface area contributed by atoms with Gasteiger partial charge >= 0.3 is 0 Å². The van der Waals surface area contributed by atoms with Gasteiger partial charge in [0.15, 0.2) is 5.78 Å². The number of nitrogens with one attached hydrogen (secondary N) is 1. The van der Waals surface area contributed by atoms with E-state index in [4.69, 9.17) is 11.6 Å². The standard InChI is InChI=1S/C23H22ClNO/c1-2-17-8-14-21(15-9-17)25-22(18-10-12-20(24)13-11-18)16-23(26)19-6-4-3-5-7-19/h3-15,22,25H,2,16H2,1H3/t22-/m0/s1. The second-order valence-electron chi connectivity index (χ2n) is 6.29. The number of hydrogen-bond acceptors (Lipinski definition) is 2. The van der Waals surface area contributed by atoms with Crippen LogP contribution < -0.4 is 5.32 Å². The summed E-state index contributed by atoms with van der Waals surface area (Å²) in [6.45, 7) is 2.14. The zero-order valence-electron chi connectivity index (χ0n) is 14.8. The Morgan fingerprint density at radius 3 is 2.19 bits per heavy atom. The quantitative estimate of drug-likeness (QED) is 0.497. The molecule has 3 aromatic rings. The third-order valence-corrected chi connectivity index (χ3v) is 4.71. The van der Waals surface area contributed by atoms with Crippen molar-refractivity contribution in [2.75, 3.05) is 5.32 Å². The molecule has 0 spiro atoms. The maximum Gasteiger partial charge on any atom is 0.165 e. The first-order valence-corrected chi connectivity index (χ1v) is 9.22. The Morgan fingerprint density at radius 2 is 1.58 bits per heavy atom. The lowest BCUT2D eigenvalue weighted by molar-refractivity contribution is 0.0976. The number of hydrogen-bond donors (Lipinski definition) is 1. The lowest BCUT2D eigenvalue weighted by Crippen LogP contribution is -2.15. The van der Waals surface area contributed by atoms with E-state index in [9.17, 15) is 4.79 Å². The Balaban J connectivity index is 1.83. The molecule has 0 saturated heterocycles. The average molecular weight is 364 g/mol. The first kappa shape index (κ1) is 18.2. The van der Waals surface area contributed by atoms with E-state index >= 15 is 0 Å². The minimum atomic E-state index is -0.118. The van der Waals surface area contributed by atoms with Crippen LogP contribution in [-0.4, -0.2) is 5.78 Å². The largest absolute Gasteiger partial charge is 0.378 e. The van der Waals surface area contributed by atoms with Gasteiger partial charge in [0, 0.05) is 22.7 Å². The van der Waals surface area contributed by atoms with E-state index in [-0.39, 0.29) is 11.8 Å². The van der Waals surface area contributed by atoms with Crippen molar-refractivity contribution in [3.05, 3.63) is 101 Å². The molecule has 0 aliphatic rings. The van der Waals surface area contributed by atoms with E-state index in [0.717, 1.165) is 23.2 Å². The number of Topliss-reactive ketones (excluding diaryl/α,β-unsaturated/α-hetero) is 1. The molecular weight excluding hydrogens is 342 g/mol. The zero-order valence-corrected chi connectivity index (χ0v) is 15.5. The third-order valence-electron chi connectivity index (χ3n) is 4.46. The van der Waals surface area contributed by atoms with E-state index in [1.165, 1.54) is 5.56 Å². The second-order valence-corrected chi connectivity index (χ2v) is 6.73. The monoisotopic (exact) mass is 363 g/mol. The van der Waals surface area contributed by atoms with Crippen LogP contribution in [0.15, 0.2) is 78.9 Å². The number of rotatable bonds is 7. The molecule has 26 heavy (non-hydrogen) atoms. The fourth-order valence-corrected chi connectivity index (χ4v) is 3.04. The number of benzene rings is 3. The number of halogens is 1. The second kappa shape index (κ2) is 8.68. The van der Waals surface area contributed by atoms with Crippen LogP contribution in [0.1, 0.15) is 40.9 Å². The first-order chi connectivity index (χ1) is 12.7. The molecule has 1 N–H and O–H groups in total. The van der Waals surface area contributed by atoms with Crippen LogP contribution in [0, 0.1) is 0 Å². The summed E-state index contributed by atoms with van der Waals surface area (Å²) in [6, 6.07) is 25.3. The highest BCUT2D eigenvalue weighted by Crippen LogP contribution is 2.26. The molecule has 3 aromatic carbocycles. The van der Waals surface area contributed by atoms with Crippen molar-refractivity contribution in [3.8, 4) is 0 Å². The van der Waals surface area contributed by atoms with Crippen LogP contribution in [0.4, 0.5) is 5.69 Å². The Bertz CT molecular complexity index is 842. The van der Waals surface area contributed by atoms with Crippen molar-refractivity contribution in [3.63, 3.8) is 0 Å². The molecule has 0 aliphatic carbocycles. The Labute approximate surface area is 159 Å². The van der Waals surface area contributed by atoms with Gasteiger partial charge in [0.1, 0.15) is 0 Å². The summed E-state index contributed by atoms with van der Waals surface area (Å²) in [5.41, 5.74) is 4.06. The lowest BCUT2D eigenvalue weighted by Gasteiger charge is -2.20. The summed E-state index contributed by atoms with van der Waals surface area (Å²) < 4.78 is 0. The van der Waals surface area contributed by atoms with Crippen molar-refractivity contribution < 1.29 is 4.79 Å². The molecule has 1 atom stereocenters. The van der Waals surface area contributed by atoms with Crippen molar-refractivity contribution >= 4 is 23.1 Å². The maximum absolute atomic E-state index is 12.7. The summed E-state index contributed by atoms with van der Waals surface area (Å²) in [6.07, 6.45) is 1.38. The summed E-state index contributed by atoms with van der Waals surface area (Å²) in [4.78, 5) is 12.7. The van der Waals surface area contributed by atoms with Crippen LogP contribution in [-0.2, 0) is 6.42 Å². The van der Waals surface area contributed by atoms with Crippen LogP contribution in [0.2, 0.25) is 5.02 Å². The minimum absolute atomic E-state index is 0.114. The van der Waals surface area contributed by atoms with Crippen molar-refractivity contribution in [2.24, 2.45) is 0 Å². The smallest absolute Gasteiger partial charge is 0.165 e. The third kappa shape index (κ3) is 4.74. The van der Waals surface area contributed by atoms with Gasteiger partial charge in [0.25, 0.3) is 0 Å². The lowest BCUT2D eigenvalue weighted by atomic mass is 9.97. The number of carbonyl (C=O) groups excluding carboxylic acids is 1. The molecule has 132 valence electrons. The van der Waals surface area contributed by atoms with Crippen LogP contribution >= 0.6 is 11.6 Å². The number of ketones is 1. The van der Waals surface area contributed by atoms with Gasteiger partial charge in [-0.2, -0.15) is 0 Å². The van der Waals surface area contributed by atoms with Gasteiger partial charge in [-0.05, 0) is 41.8 Å². The number of carbonyl (C=O) groups is 1. The van der Waals surface area contributed by atoms with Gasteiger partial charge in [-0.3, -0.25) is 4.79 Å². The summed E-state index contributed by atoms with van der Waals surface area (Å²) >= 11 is 6.02. The van der Waals surface area contributed by atoms with Gasteiger partial charge < -0.3 is 5.32 Å². The van der Waals surface area contributed by atoms with Crippen LogP contribution in [0.25, 0.3) is 0 Å². The summed E-state index contributed by atoms with van der Waals surface area (Å²) in [7, 11) is 0. The maximum atomic E-state index is 12.7. The molecule has 0 aromatic heterocycles. The van der Waals surface area contributed by atoms with Gasteiger partial charge in [-0.1, -0.05) is 73.1 Å².